The number of nitrogens with two attached hydrogens (primary N) is 1. The van der Waals surface area contributed by atoms with Crippen LogP contribution in [-0.2, 0) is 4.74 Å². The van der Waals surface area contributed by atoms with Gasteiger partial charge in [-0.05, 0) is 49.2 Å². The minimum atomic E-state index is -0.251. The van der Waals surface area contributed by atoms with E-state index in [1.165, 1.54) is 31.4 Å². The highest BCUT2D eigenvalue weighted by molar-refractivity contribution is 6.32. The molecule has 2 saturated heterocycles. The number of nitrogen functional groups attached to an aromatic ring is 1. The molecule has 4 rings (SSSR count). The number of ketones is 1. The Morgan fingerprint density at radius 2 is 1.94 bits per heavy atom. The van der Waals surface area contributed by atoms with Gasteiger partial charge in [0.15, 0.2) is 5.78 Å². The van der Waals surface area contributed by atoms with Gasteiger partial charge in [0, 0.05) is 35.3 Å². The van der Waals surface area contributed by atoms with Crippen LogP contribution in [0.25, 0.3) is 0 Å². The topological polar surface area (TPSA) is 76.8 Å². The van der Waals surface area contributed by atoms with Crippen LogP contribution >= 0.6 is 11.6 Å². The lowest BCUT2D eigenvalue weighted by Gasteiger charge is -2.48. The van der Waals surface area contributed by atoms with Crippen LogP contribution < -0.4 is 15.8 Å². The van der Waals surface area contributed by atoms with Gasteiger partial charge in [0.2, 0.25) is 0 Å². The molecule has 0 radical (unpaired) electrons. The molecule has 2 aliphatic heterocycles. The number of piperidine rings is 1. The Hall–Kier alpha value is -2.77. The van der Waals surface area contributed by atoms with Crippen LogP contribution in [0.4, 0.5) is 15.8 Å². The molecular formula is C23H25ClFN3O3. The summed E-state index contributed by atoms with van der Waals surface area (Å²) >= 11 is 6.07. The first-order valence-electron chi connectivity index (χ1n) is 10.2. The SMILES string of the molecule is COc1cc(C(=O)/C=C/N2[C@@H]3COC[C@H]2CC(Nc2ccc(F)cc2)C3)c(N)cc1Cl. The molecule has 0 aromatic heterocycles. The fraction of sp³-hybridized carbons (Fsp3) is 0.348. The Morgan fingerprint density at radius 3 is 2.58 bits per heavy atom. The van der Waals surface area contributed by atoms with Gasteiger partial charge in [0.05, 0.1) is 37.4 Å². The minimum Gasteiger partial charge on any atom is -0.495 e. The Labute approximate surface area is 185 Å². The van der Waals surface area contributed by atoms with Gasteiger partial charge in [-0.25, -0.2) is 4.39 Å². The van der Waals surface area contributed by atoms with Crippen molar-refractivity contribution in [2.24, 2.45) is 0 Å². The first kappa shape index (κ1) is 21.5. The highest BCUT2D eigenvalue weighted by Crippen LogP contribution is 2.32. The lowest BCUT2D eigenvalue weighted by molar-refractivity contribution is -0.0515. The summed E-state index contributed by atoms with van der Waals surface area (Å²) in [5, 5.41) is 3.85. The van der Waals surface area contributed by atoms with Crippen molar-refractivity contribution < 1.29 is 18.7 Å². The molecule has 1 unspecified atom stereocenters. The molecule has 0 amide bonds. The highest BCUT2D eigenvalue weighted by Gasteiger charge is 2.37. The maximum absolute atomic E-state index is 13.2. The summed E-state index contributed by atoms with van der Waals surface area (Å²) in [4.78, 5) is 15.0. The number of nitrogens with one attached hydrogen (secondary N) is 1. The monoisotopic (exact) mass is 445 g/mol. The van der Waals surface area contributed by atoms with Crippen LogP contribution in [0.2, 0.25) is 5.02 Å². The number of fused-ring (bicyclic) bond motifs is 2. The molecule has 164 valence electrons. The number of benzene rings is 2. The van der Waals surface area contributed by atoms with Crippen LogP contribution in [0.3, 0.4) is 0 Å². The Morgan fingerprint density at radius 1 is 1.26 bits per heavy atom. The maximum atomic E-state index is 13.2. The van der Waals surface area contributed by atoms with Crippen molar-refractivity contribution in [2.45, 2.75) is 31.0 Å². The first-order valence-corrected chi connectivity index (χ1v) is 10.5. The van der Waals surface area contributed by atoms with E-state index in [-0.39, 0.29) is 29.7 Å². The minimum absolute atomic E-state index is 0.145. The normalized spacial score (nSPS) is 23.1. The van der Waals surface area contributed by atoms with E-state index in [2.05, 4.69) is 10.2 Å². The first-order chi connectivity index (χ1) is 14.9. The van der Waals surface area contributed by atoms with Gasteiger partial charge in [0.1, 0.15) is 11.6 Å². The molecule has 8 heteroatoms. The van der Waals surface area contributed by atoms with E-state index in [0.717, 1.165) is 18.5 Å². The molecule has 2 aliphatic rings. The lowest BCUT2D eigenvalue weighted by atomic mass is 9.90. The molecule has 6 nitrogen and oxygen atoms in total. The number of hydrogen-bond acceptors (Lipinski definition) is 6. The second kappa shape index (κ2) is 9.16. The number of methoxy groups -OCH3 is 1. The number of allylic oxidation sites excluding steroid dienone is 1. The molecule has 2 aromatic rings. The van der Waals surface area contributed by atoms with Gasteiger partial charge in [-0.15, -0.1) is 0 Å². The fourth-order valence-corrected chi connectivity index (χ4v) is 4.52. The predicted octanol–water partition coefficient (Wildman–Crippen LogP) is 4.11. The summed E-state index contributed by atoms with van der Waals surface area (Å²) in [7, 11) is 1.49. The number of halogens is 2. The third-order valence-electron chi connectivity index (χ3n) is 5.78. The Balaban J connectivity index is 1.45. The standard InChI is InChI=1S/C23H25ClFN3O3/c1-30-23-10-19(21(26)11-20(23)24)22(29)6-7-28-17-8-16(9-18(28)13-31-12-17)27-15-4-2-14(25)3-5-15/h2-7,10-11,16-18,27H,8-9,12-13,26H2,1H3/b7-6+/t16?,17-,18+. The molecule has 3 atom stereocenters. The van der Waals surface area contributed by atoms with Gasteiger partial charge < -0.3 is 25.4 Å². The van der Waals surface area contributed by atoms with E-state index >= 15 is 0 Å². The molecule has 31 heavy (non-hydrogen) atoms. The molecule has 2 bridgehead atoms. The zero-order chi connectivity index (χ0) is 22.0. The van der Waals surface area contributed by atoms with Gasteiger partial charge in [0.25, 0.3) is 0 Å². The van der Waals surface area contributed by atoms with Crippen molar-refractivity contribution in [1.82, 2.24) is 4.90 Å². The van der Waals surface area contributed by atoms with Crippen LogP contribution in [0.15, 0.2) is 48.7 Å². The van der Waals surface area contributed by atoms with Crippen molar-refractivity contribution in [3.8, 4) is 5.75 Å². The molecule has 0 spiro atoms. The second-order valence-electron chi connectivity index (χ2n) is 7.87. The molecule has 0 aliphatic carbocycles. The van der Waals surface area contributed by atoms with Gasteiger partial charge in [-0.1, -0.05) is 11.6 Å². The lowest BCUT2D eigenvalue weighted by Crippen LogP contribution is -2.56. The Bertz CT molecular complexity index is 969. The highest BCUT2D eigenvalue weighted by atomic mass is 35.5. The quantitative estimate of drug-likeness (QED) is 0.396. The number of nitrogens with zero attached hydrogens (tertiary/aromatic N) is 1. The van der Waals surface area contributed by atoms with Crippen molar-refractivity contribution in [1.29, 1.82) is 0 Å². The van der Waals surface area contributed by atoms with Crippen molar-refractivity contribution in [2.75, 3.05) is 31.4 Å². The van der Waals surface area contributed by atoms with Gasteiger partial charge >= 0.3 is 0 Å². The number of rotatable bonds is 6. The number of carbonyl (C=O) groups excluding carboxylic acids is 1. The molecular weight excluding hydrogens is 421 g/mol. The molecule has 2 heterocycles. The van der Waals surface area contributed by atoms with E-state index in [0.29, 0.717) is 35.2 Å². The average Bonchev–Trinajstić information content (AvgIpc) is 2.73. The van der Waals surface area contributed by atoms with Crippen LogP contribution in [0.1, 0.15) is 23.2 Å². The third-order valence-corrected chi connectivity index (χ3v) is 6.07. The zero-order valence-corrected chi connectivity index (χ0v) is 17.9. The van der Waals surface area contributed by atoms with Gasteiger partial charge in [-0.2, -0.15) is 0 Å². The molecule has 2 aromatic carbocycles. The van der Waals surface area contributed by atoms with E-state index in [4.69, 9.17) is 26.8 Å². The summed E-state index contributed by atoms with van der Waals surface area (Å²) in [6.07, 6.45) is 5.08. The molecule has 0 saturated carbocycles. The number of hydrogen-bond donors (Lipinski definition) is 2. The summed E-state index contributed by atoms with van der Waals surface area (Å²) in [6.45, 7) is 1.18. The van der Waals surface area contributed by atoms with Crippen molar-refractivity contribution in [3.63, 3.8) is 0 Å². The summed E-state index contributed by atoms with van der Waals surface area (Å²) < 4.78 is 24.1. The van der Waals surface area contributed by atoms with E-state index < -0.39 is 0 Å². The molecule has 3 N–H and O–H groups in total. The summed E-state index contributed by atoms with van der Waals surface area (Å²) in [5.41, 5.74) is 7.55. The van der Waals surface area contributed by atoms with Crippen molar-refractivity contribution >= 4 is 28.8 Å². The average molecular weight is 446 g/mol. The number of carbonyl (C=O) groups is 1. The van der Waals surface area contributed by atoms with E-state index in [1.807, 2.05) is 6.20 Å². The Kier molecular flexibility index (Phi) is 6.34. The summed E-state index contributed by atoms with van der Waals surface area (Å²) in [6, 6.07) is 10.0. The van der Waals surface area contributed by atoms with Gasteiger partial charge in [-0.3, -0.25) is 4.79 Å². The van der Waals surface area contributed by atoms with Crippen LogP contribution in [-0.4, -0.2) is 49.1 Å². The fourth-order valence-electron chi connectivity index (χ4n) is 4.27. The van der Waals surface area contributed by atoms with Crippen molar-refractivity contribution in [3.05, 3.63) is 65.1 Å². The van der Waals surface area contributed by atoms with E-state index in [9.17, 15) is 9.18 Å². The smallest absolute Gasteiger partial charge is 0.189 e. The second-order valence-corrected chi connectivity index (χ2v) is 8.27. The zero-order valence-electron chi connectivity index (χ0n) is 17.2. The van der Waals surface area contributed by atoms with Crippen LogP contribution in [0, 0.1) is 5.82 Å². The maximum Gasteiger partial charge on any atom is 0.189 e. The number of ether oxygens (including phenoxy) is 2. The largest absolute Gasteiger partial charge is 0.495 e. The van der Waals surface area contributed by atoms with Crippen LogP contribution in [0.5, 0.6) is 5.75 Å². The number of morpholine rings is 1. The molecule has 2 fully saturated rings. The number of anilines is 2. The van der Waals surface area contributed by atoms with E-state index in [1.54, 1.807) is 18.2 Å². The summed E-state index contributed by atoms with van der Waals surface area (Å²) in [5.74, 6) is -0.0528. The third kappa shape index (κ3) is 4.78. The predicted molar refractivity (Wildman–Crippen MR) is 119 cm³/mol.